The molecule has 34 heavy (non-hydrogen) atoms. The first kappa shape index (κ1) is 23.5. The number of aromatic hydroxyl groups is 2. The van der Waals surface area contributed by atoms with E-state index in [0.717, 1.165) is 71.4 Å². The van der Waals surface area contributed by atoms with E-state index in [0.29, 0.717) is 0 Å². The smallest absolute Gasteiger partial charge is 0.124 e. The van der Waals surface area contributed by atoms with Gasteiger partial charge in [0.15, 0.2) is 0 Å². The quantitative estimate of drug-likeness (QED) is 0.185. The second-order valence-electron chi connectivity index (χ2n) is 8.71. The summed E-state index contributed by atoms with van der Waals surface area (Å²) in [6, 6.07) is 23.6. The van der Waals surface area contributed by atoms with Crippen LogP contribution in [0, 0.1) is 0 Å². The van der Waals surface area contributed by atoms with E-state index in [-0.39, 0.29) is 11.5 Å². The van der Waals surface area contributed by atoms with Crippen molar-refractivity contribution < 1.29 is 10.2 Å². The summed E-state index contributed by atoms with van der Waals surface area (Å²) in [6.07, 6.45) is 10.4. The van der Waals surface area contributed by atoms with Crippen LogP contribution in [-0.2, 0) is 0 Å². The van der Waals surface area contributed by atoms with Gasteiger partial charge < -0.3 is 10.2 Å². The highest BCUT2D eigenvalue weighted by Gasteiger charge is 2.02. The van der Waals surface area contributed by atoms with E-state index < -0.39 is 0 Å². The lowest BCUT2D eigenvalue weighted by Crippen LogP contribution is -1.89. The van der Waals surface area contributed by atoms with Crippen LogP contribution in [0.2, 0.25) is 0 Å². The molecule has 4 nitrogen and oxygen atoms in total. The maximum absolute atomic E-state index is 10.2. The average Bonchev–Trinajstić information content (AvgIpc) is 2.85. The molecule has 0 saturated carbocycles. The van der Waals surface area contributed by atoms with Gasteiger partial charge in [0.2, 0.25) is 0 Å². The first-order chi connectivity index (χ1) is 16.7. The summed E-state index contributed by atoms with van der Waals surface area (Å²) in [5, 5.41) is 24.6. The fraction of sp³-hybridized carbons (Fsp3) is 0.267. The van der Waals surface area contributed by atoms with Crippen molar-refractivity contribution in [3.05, 3.63) is 83.9 Å². The fourth-order valence-corrected chi connectivity index (χ4v) is 4.14. The minimum Gasteiger partial charge on any atom is -0.507 e. The van der Waals surface area contributed by atoms with Crippen LogP contribution in [0.4, 0.5) is 0 Å². The van der Waals surface area contributed by atoms with Crippen molar-refractivity contribution in [2.75, 3.05) is 13.1 Å². The normalized spacial score (nSPS) is 11.9. The summed E-state index contributed by atoms with van der Waals surface area (Å²) in [6.45, 7) is 1.57. The number of phenols is 2. The molecule has 0 aromatic heterocycles. The van der Waals surface area contributed by atoms with E-state index in [2.05, 4.69) is 9.98 Å². The molecule has 2 N–H and O–H groups in total. The van der Waals surface area contributed by atoms with Crippen LogP contribution >= 0.6 is 0 Å². The molecule has 4 aromatic rings. The van der Waals surface area contributed by atoms with Crippen LogP contribution in [-0.4, -0.2) is 35.7 Å². The van der Waals surface area contributed by atoms with Crippen molar-refractivity contribution in [3.8, 4) is 11.5 Å². The zero-order valence-electron chi connectivity index (χ0n) is 19.5. The number of fused-ring (bicyclic) bond motifs is 2. The molecule has 0 spiro atoms. The number of unbranched alkanes of at least 4 members (excludes halogenated alkanes) is 5. The van der Waals surface area contributed by atoms with E-state index in [1.54, 1.807) is 24.6 Å². The maximum Gasteiger partial charge on any atom is 0.124 e. The lowest BCUT2D eigenvalue weighted by Gasteiger charge is -2.03. The topological polar surface area (TPSA) is 65.2 Å². The number of hydrogen-bond acceptors (Lipinski definition) is 4. The second kappa shape index (κ2) is 12.0. The molecular weight excluding hydrogens is 420 g/mol. The van der Waals surface area contributed by atoms with Gasteiger partial charge in [-0.25, -0.2) is 0 Å². The van der Waals surface area contributed by atoms with Gasteiger partial charge >= 0.3 is 0 Å². The molecule has 174 valence electrons. The van der Waals surface area contributed by atoms with Crippen molar-refractivity contribution in [1.82, 2.24) is 0 Å². The molecule has 0 fully saturated rings. The van der Waals surface area contributed by atoms with Gasteiger partial charge in [-0.15, -0.1) is 0 Å². The van der Waals surface area contributed by atoms with Crippen molar-refractivity contribution in [3.63, 3.8) is 0 Å². The summed E-state index contributed by atoms with van der Waals surface area (Å²) in [5.74, 6) is 0.557. The lowest BCUT2D eigenvalue weighted by molar-refractivity contribution is 0.474. The first-order valence-corrected chi connectivity index (χ1v) is 12.1. The van der Waals surface area contributed by atoms with Gasteiger partial charge in [-0.1, -0.05) is 74.2 Å². The summed E-state index contributed by atoms with van der Waals surface area (Å²) in [7, 11) is 0. The zero-order valence-corrected chi connectivity index (χ0v) is 19.5. The standard InChI is InChI=1S/C30H32N2O2/c33-29-19-25-13-7-5-11-23(25)17-27(29)21-31-15-9-3-1-2-4-10-16-32-22-28-18-24-12-6-8-14-26(24)20-30(28)34/h5-8,11-14,17-22,33-34H,1-4,9-10,15-16H2. The van der Waals surface area contributed by atoms with Gasteiger partial charge in [0, 0.05) is 36.6 Å². The predicted molar refractivity (Wildman–Crippen MR) is 144 cm³/mol. The minimum absolute atomic E-state index is 0.279. The summed E-state index contributed by atoms with van der Waals surface area (Å²) < 4.78 is 0. The van der Waals surface area contributed by atoms with Crippen LogP contribution in [0.15, 0.2) is 82.8 Å². The molecule has 0 amide bonds. The van der Waals surface area contributed by atoms with Crippen LogP contribution in [0.3, 0.4) is 0 Å². The minimum atomic E-state index is 0.279. The number of phenolic OH excluding ortho intramolecular Hbond substituents is 2. The first-order valence-electron chi connectivity index (χ1n) is 12.1. The Morgan fingerprint density at radius 2 is 0.853 bits per heavy atom. The SMILES string of the molecule is Oc1cc2ccccc2cc1C=NCCCCCCCCN=Cc1cc2ccccc2cc1O. The molecule has 4 heteroatoms. The molecule has 0 aliphatic carbocycles. The average molecular weight is 453 g/mol. The Bertz CT molecular complexity index is 1190. The molecular formula is C30H32N2O2. The summed E-state index contributed by atoms with van der Waals surface area (Å²) in [4.78, 5) is 9.00. The van der Waals surface area contributed by atoms with Gasteiger partial charge in [-0.05, 0) is 58.7 Å². The van der Waals surface area contributed by atoms with E-state index in [4.69, 9.17) is 0 Å². The van der Waals surface area contributed by atoms with Crippen LogP contribution in [0.1, 0.15) is 49.7 Å². The third kappa shape index (κ3) is 6.44. The fourth-order valence-electron chi connectivity index (χ4n) is 4.14. The summed E-state index contributed by atoms with van der Waals surface area (Å²) in [5.41, 5.74) is 1.55. The summed E-state index contributed by atoms with van der Waals surface area (Å²) >= 11 is 0. The molecule has 0 heterocycles. The highest BCUT2D eigenvalue weighted by Crippen LogP contribution is 2.24. The van der Waals surface area contributed by atoms with Crippen LogP contribution < -0.4 is 0 Å². The number of hydrogen-bond donors (Lipinski definition) is 2. The Kier molecular flexibility index (Phi) is 8.28. The molecule has 0 bridgehead atoms. The molecule has 0 saturated heterocycles. The predicted octanol–water partition coefficient (Wildman–Crippen LogP) is 7.28. The Morgan fingerprint density at radius 3 is 1.26 bits per heavy atom. The molecule has 0 unspecified atom stereocenters. The van der Waals surface area contributed by atoms with Gasteiger partial charge in [0.1, 0.15) is 11.5 Å². The van der Waals surface area contributed by atoms with E-state index >= 15 is 0 Å². The Balaban J connectivity index is 1.09. The van der Waals surface area contributed by atoms with Gasteiger partial charge in [0.05, 0.1) is 0 Å². The molecule has 4 rings (SSSR count). The highest BCUT2D eigenvalue weighted by molar-refractivity contribution is 5.94. The van der Waals surface area contributed by atoms with Crippen LogP contribution in [0.5, 0.6) is 11.5 Å². The van der Waals surface area contributed by atoms with E-state index in [1.807, 2.05) is 60.7 Å². The zero-order chi connectivity index (χ0) is 23.6. The molecule has 0 aliphatic heterocycles. The monoisotopic (exact) mass is 452 g/mol. The number of nitrogens with zero attached hydrogens (tertiary/aromatic N) is 2. The number of benzene rings is 4. The third-order valence-electron chi connectivity index (χ3n) is 6.08. The number of rotatable bonds is 11. The molecule has 0 aliphatic rings. The number of aliphatic imine (C=N–C) groups is 2. The Morgan fingerprint density at radius 1 is 0.500 bits per heavy atom. The van der Waals surface area contributed by atoms with Gasteiger partial charge in [-0.3, -0.25) is 9.98 Å². The Labute approximate surface area is 201 Å². The largest absolute Gasteiger partial charge is 0.507 e. The molecule has 4 aromatic carbocycles. The van der Waals surface area contributed by atoms with Crippen molar-refractivity contribution >= 4 is 34.0 Å². The molecule has 0 radical (unpaired) electrons. The van der Waals surface area contributed by atoms with Gasteiger partial charge in [0.25, 0.3) is 0 Å². The third-order valence-corrected chi connectivity index (χ3v) is 6.08. The van der Waals surface area contributed by atoms with Crippen molar-refractivity contribution in [2.45, 2.75) is 38.5 Å². The van der Waals surface area contributed by atoms with E-state index in [1.165, 1.54) is 12.8 Å². The van der Waals surface area contributed by atoms with E-state index in [9.17, 15) is 10.2 Å². The van der Waals surface area contributed by atoms with Crippen molar-refractivity contribution in [1.29, 1.82) is 0 Å². The van der Waals surface area contributed by atoms with Gasteiger partial charge in [-0.2, -0.15) is 0 Å². The van der Waals surface area contributed by atoms with Crippen molar-refractivity contribution in [2.24, 2.45) is 9.98 Å². The highest BCUT2D eigenvalue weighted by atomic mass is 16.3. The van der Waals surface area contributed by atoms with Crippen LogP contribution in [0.25, 0.3) is 21.5 Å². The second-order valence-corrected chi connectivity index (χ2v) is 8.71. The molecule has 0 atom stereocenters. The lowest BCUT2D eigenvalue weighted by atomic mass is 10.1. The Hall–Kier alpha value is -3.66. The maximum atomic E-state index is 10.2.